The first-order chi connectivity index (χ1) is 8.86. The maximum Gasteiger partial charge on any atom is 0.150 e. The molecule has 0 spiro atoms. The van der Waals surface area contributed by atoms with Crippen LogP contribution in [0, 0.1) is 0 Å². The highest BCUT2D eigenvalue weighted by Gasteiger charge is 2.22. The Kier molecular flexibility index (Phi) is 7.99. The van der Waals surface area contributed by atoms with E-state index in [1.165, 1.54) is 5.56 Å². The number of hydrogen-bond donors (Lipinski definition) is 1. The summed E-state index contributed by atoms with van der Waals surface area (Å²) < 4.78 is 6.15. The summed E-state index contributed by atoms with van der Waals surface area (Å²) in [6, 6.07) is 6.79. The summed E-state index contributed by atoms with van der Waals surface area (Å²) in [5.41, 5.74) is 7.81. The number of rotatable bonds is 6. The summed E-state index contributed by atoms with van der Waals surface area (Å²) in [4.78, 5) is 2.35. The molecule has 3 nitrogen and oxygen atoms in total. The molecule has 0 saturated carbocycles. The first-order valence-corrected chi connectivity index (χ1v) is 7.19. The van der Waals surface area contributed by atoms with Gasteiger partial charge in [0.2, 0.25) is 0 Å². The van der Waals surface area contributed by atoms with Gasteiger partial charge in [-0.15, -0.1) is 12.4 Å². The van der Waals surface area contributed by atoms with Crippen LogP contribution in [0.3, 0.4) is 0 Å². The molecule has 0 fully saturated rings. The minimum absolute atomic E-state index is 0. The zero-order valence-corrected chi connectivity index (χ0v) is 14.3. The van der Waals surface area contributed by atoms with Crippen molar-refractivity contribution in [2.45, 2.75) is 66.3 Å². The van der Waals surface area contributed by atoms with Crippen LogP contribution in [0.5, 0.6) is 5.75 Å². The van der Waals surface area contributed by atoms with E-state index in [9.17, 15) is 0 Å². The summed E-state index contributed by atoms with van der Waals surface area (Å²) in [7, 11) is 0. The van der Waals surface area contributed by atoms with Crippen molar-refractivity contribution in [3.8, 4) is 5.75 Å². The molecule has 0 aliphatic rings. The van der Waals surface area contributed by atoms with Crippen LogP contribution >= 0.6 is 12.4 Å². The molecule has 1 aromatic rings. The Morgan fingerprint density at radius 2 is 1.65 bits per heavy atom. The molecule has 0 heterocycles. The minimum Gasteiger partial charge on any atom is -0.475 e. The predicted molar refractivity (Wildman–Crippen MR) is 89.7 cm³/mol. The number of benzene rings is 1. The smallest absolute Gasteiger partial charge is 0.150 e. The molecule has 0 aliphatic heterocycles. The SMILES string of the molecule is CCc1ccc(N)cc1OC(C)N(C(C)C)C(C)C.Cl. The lowest BCUT2D eigenvalue weighted by Gasteiger charge is -2.36. The van der Waals surface area contributed by atoms with Gasteiger partial charge in [-0.3, -0.25) is 4.90 Å². The number of nitrogen functional groups attached to an aromatic ring is 1. The summed E-state index contributed by atoms with van der Waals surface area (Å²) >= 11 is 0. The average molecular weight is 301 g/mol. The lowest BCUT2D eigenvalue weighted by Crippen LogP contribution is -2.46. The van der Waals surface area contributed by atoms with E-state index < -0.39 is 0 Å². The lowest BCUT2D eigenvalue weighted by molar-refractivity contribution is -0.00607. The van der Waals surface area contributed by atoms with Gasteiger partial charge in [0.1, 0.15) is 12.0 Å². The van der Waals surface area contributed by atoms with Crippen molar-refractivity contribution < 1.29 is 4.74 Å². The molecule has 0 saturated heterocycles. The standard InChI is InChI=1S/C16H28N2O.ClH/c1-7-14-8-9-15(17)10-16(14)19-13(6)18(11(2)3)12(4)5;/h8-13H,7,17H2,1-6H3;1H. The molecule has 20 heavy (non-hydrogen) atoms. The number of nitrogens with two attached hydrogens (primary N) is 1. The molecular weight excluding hydrogens is 272 g/mol. The quantitative estimate of drug-likeness (QED) is 0.635. The molecule has 0 aromatic heterocycles. The molecule has 1 unspecified atom stereocenters. The molecular formula is C16H29ClN2O. The Balaban J connectivity index is 0.00000361. The van der Waals surface area contributed by atoms with E-state index in [0.29, 0.717) is 12.1 Å². The van der Waals surface area contributed by atoms with Crippen molar-refractivity contribution in [3.05, 3.63) is 23.8 Å². The third-order valence-corrected chi connectivity index (χ3v) is 3.38. The van der Waals surface area contributed by atoms with Crippen LogP contribution < -0.4 is 10.5 Å². The van der Waals surface area contributed by atoms with Crippen LogP contribution in [0.25, 0.3) is 0 Å². The van der Waals surface area contributed by atoms with Gasteiger partial charge < -0.3 is 10.5 Å². The topological polar surface area (TPSA) is 38.5 Å². The molecule has 1 atom stereocenters. The van der Waals surface area contributed by atoms with Gasteiger partial charge in [0.15, 0.2) is 0 Å². The summed E-state index contributed by atoms with van der Waals surface area (Å²) in [5.74, 6) is 0.904. The number of anilines is 1. The molecule has 0 bridgehead atoms. The van der Waals surface area contributed by atoms with Crippen molar-refractivity contribution in [1.29, 1.82) is 0 Å². The van der Waals surface area contributed by atoms with Crippen molar-refractivity contribution in [3.63, 3.8) is 0 Å². The molecule has 1 aromatic carbocycles. The average Bonchev–Trinajstić information content (AvgIpc) is 2.27. The van der Waals surface area contributed by atoms with Gasteiger partial charge in [0, 0.05) is 23.8 Å². The van der Waals surface area contributed by atoms with Crippen LogP contribution in [0.1, 0.15) is 47.1 Å². The number of halogens is 1. The predicted octanol–water partition coefficient (Wildman–Crippen LogP) is 4.10. The number of hydrogen-bond acceptors (Lipinski definition) is 3. The fraction of sp³-hybridized carbons (Fsp3) is 0.625. The molecule has 1 rings (SSSR count). The summed E-state index contributed by atoms with van der Waals surface area (Å²) in [6.07, 6.45) is 0.984. The monoisotopic (exact) mass is 300 g/mol. The van der Waals surface area contributed by atoms with Gasteiger partial charge in [-0.1, -0.05) is 13.0 Å². The van der Waals surface area contributed by atoms with E-state index in [2.05, 4.69) is 46.4 Å². The number of aryl methyl sites for hydroxylation is 1. The van der Waals surface area contributed by atoms with Crippen LogP contribution in [-0.4, -0.2) is 23.2 Å². The molecule has 116 valence electrons. The van der Waals surface area contributed by atoms with E-state index in [4.69, 9.17) is 10.5 Å². The zero-order chi connectivity index (χ0) is 14.6. The van der Waals surface area contributed by atoms with E-state index in [1.54, 1.807) is 0 Å². The van der Waals surface area contributed by atoms with Crippen LogP contribution in [0.15, 0.2) is 18.2 Å². The fourth-order valence-electron chi connectivity index (χ4n) is 2.65. The number of ether oxygens (including phenoxy) is 1. The van der Waals surface area contributed by atoms with Gasteiger partial charge in [0.05, 0.1) is 0 Å². The van der Waals surface area contributed by atoms with Gasteiger partial charge in [-0.25, -0.2) is 0 Å². The largest absolute Gasteiger partial charge is 0.475 e. The normalized spacial score (nSPS) is 12.7. The Hall–Kier alpha value is -0.930. The Morgan fingerprint density at radius 3 is 2.10 bits per heavy atom. The highest BCUT2D eigenvalue weighted by Crippen LogP contribution is 2.25. The van der Waals surface area contributed by atoms with Crippen molar-refractivity contribution in [1.82, 2.24) is 4.90 Å². The van der Waals surface area contributed by atoms with E-state index in [1.807, 2.05) is 18.2 Å². The van der Waals surface area contributed by atoms with Gasteiger partial charge >= 0.3 is 0 Å². The Bertz CT molecular complexity index is 399. The molecule has 4 heteroatoms. The van der Waals surface area contributed by atoms with E-state index >= 15 is 0 Å². The second-order valence-electron chi connectivity index (χ2n) is 5.57. The van der Waals surface area contributed by atoms with Crippen molar-refractivity contribution in [2.75, 3.05) is 5.73 Å². The highest BCUT2D eigenvalue weighted by molar-refractivity contribution is 5.85. The third-order valence-electron chi connectivity index (χ3n) is 3.38. The van der Waals surface area contributed by atoms with Crippen LogP contribution in [-0.2, 0) is 6.42 Å². The summed E-state index contributed by atoms with van der Waals surface area (Å²) in [5, 5.41) is 0. The maximum absolute atomic E-state index is 6.15. The Morgan fingerprint density at radius 1 is 1.10 bits per heavy atom. The minimum atomic E-state index is 0. The Labute approximate surface area is 129 Å². The maximum atomic E-state index is 6.15. The third kappa shape index (κ3) is 4.88. The van der Waals surface area contributed by atoms with Gasteiger partial charge in [0.25, 0.3) is 0 Å². The fourth-order valence-corrected chi connectivity index (χ4v) is 2.65. The second kappa shape index (κ2) is 8.38. The highest BCUT2D eigenvalue weighted by atomic mass is 35.5. The van der Waals surface area contributed by atoms with Crippen molar-refractivity contribution >= 4 is 18.1 Å². The van der Waals surface area contributed by atoms with E-state index in [0.717, 1.165) is 17.9 Å². The van der Waals surface area contributed by atoms with Gasteiger partial charge in [-0.2, -0.15) is 0 Å². The molecule has 0 aliphatic carbocycles. The second-order valence-corrected chi connectivity index (χ2v) is 5.57. The lowest BCUT2D eigenvalue weighted by atomic mass is 10.1. The first-order valence-electron chi connectivity index (χ1n) is 7.19. The van der Waals surface area contributed by atoms with Crippen molar-refractivity contribution in [2.24, 2.45) is 0 Å². The van der Waals surface area contributed by atoms with E-state index in [-0.39, 0.29) is 18.6 Å². The van der Waals surface area contributed by atoms with Gasteiger partial charge in [-0.05, 0) is 52.7 Å². The summed E-state index contributed by atoms with van der Waals surface area (Å²) in [6.45, 7) is 13.0. The molecule has 0 amide bonds. The zero-order valence-electron chi connectivity index (χ0n) is 13.5. The molecule has 0 radical (unpaired) electrons. The number of nitrogens with zero attached hydrogens (tertiary/aromatic N) is 1. The molecule has 2 N–H and O–H groups in total. The van der Waals surface area contributed by atoms with Crippen LogP contribution in [0.2, 0.25) is 0 Å². The first kappa shape index (κ1) is 19.1. The van der Waals surface area contributed by atoms with Crippen LogP contribution in [0.4, 0.5) is 5.69 Å².